The Labute approximate surface area is 113 Å². The summed E-state index contributed by atoms with van der Waals surface area (Å²) < 4.78 is 65.2. The Bertz CT molecular complexity index is 541. The second-order valence-corrected chi connectivity index (χ2v) is 5.54. The molecule has 0 amide bonds. The van der Waals surface area contributed by atoms with Crippen LogP contribution in [0, 0.1) is 6.92 Å². The zero-order valence-electron chi connectivity index (χ0n) is 10.5. The molecule has 1 heterocycles. The topological polar surface area (TPSA) is 104 Å². The van der Waals surface area contributed by atoms with Gasteiger partial charge in [0.05, 0.1) is 13.2 Å². The number of aliphatic hydroxyl groups is 1. The van der Waals surface area contributed by atoms with Gasteiger partial charge in [-0.05, 0) is 6.92 Å². The summed E-state index contributed by atoms with van der Waals surface area (Å²) in [5.74, 6) is 0. The molecule has 0 fully saturated rings. The van der Waals surface area contributed by atoms with Crippen molar-refractivity contribution in [2.24, 2.45) is 0 Å². The monoisotopic (exact) mass is 317 g/mol. The molecule has 0 aliphatic heterocycles. The van der Waals surface area contributed by atoms with Crippen LogP contribution in [0.25, 0.3) is 0 Å². The quantitative estimate of drug-likeness (QED) is 0.617. The lowest BCUT2D eigenvalue weighted by Gasteiger charge is -2.08. The molecule has 11 heteroatoms. The number of ether oxygens (including phenoxy) is 1. The van der Waals surface area contributed by atoms with E-state index in [4.69, 9.17) is 5.11 Å². The van der Waals surface area contributed by atoms with Crippen LogP contribution in [0.5, 0.6) is 0 Å². The van der Waals surface area contributed by atoms with Crippen LogP contribution in [0.2, 0.25) is 0 Å². The van der Waals surface area contributed by atoms with Gasteiger partial charge in [0, 0.05) is 17.8 Å². The number of hydrogen-bond acceptors (Lipinski definition) is 5. The summed E-state index contributed by atoms with van der Waals surface area (Å²) in [5.41, 5.74) is 0.495. The fraction of sp³-hybridized carbons (Fsp3) is 0.667. The second-order valence-electron chi connectivity index (χ2n) is 3.86. The number of H-pyrrole nitrogens is 1. The SMILES string of the molecule is Cc1[nH]nc(S(=O)(=O)NCCOCC(F)(F)F)c1CO. The lowest BCUT2D eigenvalue weighted by molar-refractivity contribution is -0.173. The molecule has 0 radical (unpaired) electrons. The highest BCUT2D eigenvalue weighted by atomic mass is 32.2. The molecule has 7 nitrogen and oxygen atoms in total. The number of aliphatic hydroxyl groups excluding tert-OH is 1. The number of nitrogens with zero attached hydrogens (tertiary/aromatic N) is 1. The van der Waals surface area contributed by atoms with E-state index in [1.807, 2.05) is 4.72 Å². The number of rotatable bonds is 7. The summed E-state index contributed by atoms with van der Waals surface area (Å²) in [4.78, 5) is 0. The van der Waals surface area contributed by atoms with Gasteiger partial charge < -0.3 is 9.84 Å². The van der Waals surface area contributed by atoms with E-state index < -0.39 is 36.0 Å². The van der Waals surface area contributed by atoms with E-state index >= 15 is 0 Å². The van der Waals surface area contributed by atoms with Crippen molar-refractivity contribution in [1.82, 2.24) is 14.9 Å². The highest BCUT2D eigenvalue weighted by molar-refractivity contribution is 7.89. The van der Waals surface area contributed by atoms with Crippen LogP contribution in [0.4, 0.5) is 13.2 Å². The van der Waals surface area contributed by atoms with Crippen LogP contribution in [0.3, 0.4) is 0 Å². The molecule has 0 atom stereocenters. The van der Waals surface area contributed by atoms with Crippen LogP contribution in [-0.2, 0) is 21.4 Å². The smallest absolute Gasteiger partial charge is 0.392 e. The maximum absolute atomic E-state index is 11.8. The number of aromatic amines is 1. The Morgan fingerprint density at radius 3 is 2.65 bits per heavy atom. The molecule has 0 aliphatic carbocycles. The van der Waals surface area contributed by atoms with E-state index in [1.165, 1.54) is 6.92 Å². The third-order valence-electron chi connectivity index (χ3n) is 2.25. The molecule has 1 rings (SSSR count). The fourth-order valence-corrected chi connectivity index (χ4v) is 2.54. The minimum atomic E-state index is -4.46. The van der Waals surface area contributed by atoms with Crippen molar-refractivity contribution in [3.63, 3.8) is 0 Å². The number of sulfonamides is 1. The standard InChI is InChI=1S/C9H14F3N3O4S/c1-6-7(4-16)8(15-14-6)20(17,18)13-2-3-19-5-9(10,11)12/h13,16H,2-5H2,1H3,(H,14,15). The number of alkyl halides is 3. The third-order valence-corrected chi connectivity index (χ3v) is 3.68. The van der Waals surface area contributed by atoms with Gasteiger partial charge in [0.15, 0.2) is 5.03 Å². The molecular weight excluding hydrogens is 303 g/mol. The highest BCUT2D eigenvalue weighted by Gasteiger charge is 2.27. The molecule has 116 valence electrons. The molecule has 0 saturated heterocycles. The van der Waals surface area contributed by atoms with Crippen molar-refractivity contribution in [2.45, 2.75) is 24.7 Å². The van der Waals surface area contributed by atoms with Crippen molar-refractivity contribution in [1.29, 1.82) is 0 Å². The Hall–Kier alpha value is -1.17. The first kappa shape index (κ1) is 16.9. The third kappa shape index (κ3) is 4.74. The van der Waals surface area contributed by atoms with Gasteiger partial charge in [-0.15, -0.1) is 0 Å². The summed E-state index contributed by atoms with van der Waals surface area (Å²) in [6.07, 6.45) is -4.46. The van der Waals surface area contributed by atoms with Crippen LogP contribution < -0.4 is 4.72 Å². The second kappa shape index (κ2) is 6.52. The van der Waals surface area contributed by atoms with E-state index in [0.717, 1.165) is 0 Å². The summed E-state index contributed by atoms with van der Waals surface area (Å²) in [7, 11) is -4.01. The van der Waals surface area contributed by atoms with Crippen molar-refractivity contribution in [2.75, 3.05) is 19.8 Å². The van der Waals surface area contributed by atoms with Gasteiger partial charge in [0.25, 0.3) is 10.0 Å². The first-order chi connectivity index (χ1) is 9.17. The lowest BCUT2D eigenvalue weighted by atomic mass is 10.3. The summed E-state index contributed by atoms with van der Waals surface area (Å²) in [5, 5.41) is 14.6. The maximum Gasteiger partial charge on any atom is 0.411 e. The lowest BCUT2D eigenvalue weighted by Crippen LogP contribution is -2.29. The normalized spacial score (nSPS) is 12.8. The number of aromatic nitrogens is 2. The van der Waals surface area contributed by atoms with E-state index in [0.29, 0.717) is 5.69 Å². The van der Waals surface area contributed by atoms with Gasteiger partial charge in [-0.2, -0.15) is 18.3 Å². The van der Waals surface area contributed by atoms with Crippen LogP contribution in [0.1, 0.15) is 11.3 Å². The van der Waals surface area contributed by atoms with Crippen LogP contribution >= 0.6 is 0 Å². The first-order valence-corrected chi connectivity index (χ1v) is 6.94. The van der Waals surface area contributed by atoms with E-state index in [2.05, 4.69) is 14.9 Å². The van der Waals surface area contributed by atoms with Crippen molar-refractivity contribution in [3.8, 4) is 0 Å². The highest BCUT2D eigenvalue weighted by Crippen LogP contribution is 2.16. The van der Waals surface area contributed by atoms with Gasteiger partial charge >= 0.3 is 6.18 Å². The number of aryl methyl sites for hydroxylation is 1. The van der Waals surface area contributed by atoms with Crippen molar-refractivity contribution in [3.05, 3.63) is 11.3 Å². The average Bonchev–Trinajstić information content (AvgIpc) is 2.69. The van der Waals surface area contributed by atoms with Gasteiger partial charge in [0.1, 0.15) is 6.61 Å². The predicted octanol–water partition coefficient (Wildman–Crippen LogP) is 0.0676. The molecule has 3 N–H and O–H groups in total. The van der Waals surface area contributed by atoms with Crippen molar-refractivity contribution < 1.29 is 31.4 Å². The molecule has 0 bridgehead atoms. The van der Waals surface area contributed by atoms with Gasteiger partial charge in [-0.3, -0.25) is 5.10 Å². The molecule has 0 spiro atoms. The Balaban J connectivity index is 2.54. The minimum absolute atomic E-state index is 0.105. The summed E-state index contributed by atoms with van der Waals surface area (Å²) in [6, 6.07) is 0. The van der Waals surface area contributed by atoms with E-state index in [1.54, 1.807) is 0 Å². The molecule has 0 unspecified atom stereocenters. The maximum atomic E-state index is 11.8. The van der Waals surface area contributed by atoms with Gasteiger partial charge in [0.2, 0.25) is 0 Å². The van der Waals surface area contributed by atoms with Gasteiger partial charge in [-0.1, -0.05) is 0 Å². The number of nitrogens with one attached hydrogen (secondary N) is 2. The van der Waals surface area contributed by atoms with E-state index in [-0.39, 0.29) is 17.1 Å². The molecule has 0 aromatic carbocycles. The number of halogens is 3. The van der Waals surface area contributed by atoms with Gasteiger partial charge in [-0.25, -0.2) is 13.1 Å². The largest absolute Gasteiger partial charge is 0.411 e. The fourth-order valence-electron chi connectivity index (χ4n) is 1.34. The molecule has 0 saturated carbocycles. The van der Waals surface area contributed by atoms with E-state index in [9.17, 15) is 21.6 Å². The number of hydrogen-bond donors (Lipinski definition) is 3. The molecule has 20 heavy (non-hydrogen) atoms. The molecule has 0 aliphatic rings. The zero-order valence-corrected chi connectivity index (χ0v) is 11.3. The molecule has 1 aromatic rings. The Morgan fingerprint density at radius 1 is 1.45 bits per heavy atom. The minimum Gasteiger partial charge on any atom is -0.392 e. The summed E-state index contributed by atoms with van der Waals surface area (Å²) in [6.45, 7) is -1.21. The van der Waals surface area contributed by atoms with Crippen molar-refractivity contribution >= 4 is 10.0 Å². The zero-order chi connectivity index (χ0) is 15.4. The Kier molecular flexibility index (Phi) is 5.50. The predicted molar refractivity (Wildman–Crippen MR) is 61.3 cm³/mol. The first-order valence-electron chi connectivity index (χ1n) is 5.46. The van der Waals surface area contributed by atoms with Crippen LogP contribution in [-0.4, -0.2) is 49.7 Å². The average molecular weight is 317 g/mol. The molecular formula is C9H14F3N3O4S. The Morgan fingerprint density at radius 2 is 2.10 bits per heavy atom. The van der Waals surface area contributed by atoms with Crippen LogP contribution in [0.15, 0.2) is 5.03 Å². The summed E-state index contributed by atoms with van der Waals surface area (Å²) >= 11 is 0. The molecule has 1 aromatic heterocycles.